The third-order valence-electron chi connectivity index (χ3n) is 3.76. The lowest BCUT2D eigenvalue weighted by atomic mass is 9.97. The van der Waals surface area contributed by atoms with E-state index in [2.05, 4.69) is 10.3 Å². The van der Waals surface area contributed by atoms with Crippen molar-refractivity contribution in [1.29, 1.82) is 0 Å². The molecule has 0 radical (unpaired) electrons. The van der Waals surface area contributed by atoms with Crippen molar-refractivity contribution in [2.24, 2.45) is 0 Å². The van der Waals surface area contributed by atoms with Crippen LogP contribution in [0.5, 0.6) is 0 Å². The van der Waals surface area contributed by atoms with Gasteiger partial charge >= 0.3 is 0 Å². The van der Waals surface area contributed by atoms with Crippen LogP contribution in [0.4, 0.5) is 11.4 Å². The van der Waals surface area contributed by atoms with Crippen LogP contribution in [0.1, 0.15) is 21.5 Å². The van der Waals surface area contributed by atoms with E-state index in [4.69, 9.17) is 28.9 Å². The van der Waals surface area contributed by atoms with Gasteiger partial charge in [0.15, 0.2) is 0 Å². The first-order chi connectivity index (χ1) is 12.0. The van der Waals surface area contributed by atoms with Gasteiger partial charge in [0.25, 0.3) is 5.91 Å². The highest BCUT2D eigenvalue weighted by Gasteiger charge is 2.18. The predicted octanol–water partition coefficient (Wildman–Crippen LogP) is 4.81. The SMILES string of the molecule is Nc1ccc(Cl)c(C(=O)Nc2ccc(Cl)cc2)c1Cc1ccncc1. The molecule has 4 nitrogen and oxygen atoms in total. The molecule has 2 aromatic carbocycles. The van der Waals surface area contributed by atoms with E-state index in [1.54, 1.807) is 48.8 Å². The number of nitrogen functional groups attached to an aromatic ring is 1. The Bertz CT molecular complexity index is 897. The second-order valence-corrected chi connectivity index (χ2v) is 6.33. The Morgan fingerprint density at radius 2 is 1.68 bits per heavy atom. The summed E-state index contributed by atoms with van der Waals surface area (Å²) in [6.45, 7) is 0. The molecule has 0 aliphatic heterocycles. The van der Waals surface area contributed by atoms with Crippen molar-refractivity contribution in [1.82, 2.24) is 4.98 Å². The fourth-order valence-corrected chi connectivity index (χ4v) is 2.89. The number of nitrogens with two attached hydrogens (primary N) is 1. The van der Waals surface area contributed by atoms with Crippen molar-refractivity contribution >= 4 is 40.5 Å². The number of benzene rings is 2. The van der Waals surface area contributed by atoms with Gasteiger partial charge in [-0.2, -0.15) is 0 Å². The summed E-state index contributed by atoms with van der Waals surface area (Å²) in [6.07, 6.45) is 3.88. The van der Waals surface area contributed by atoms with Crippen molar-refractivity contribution in [3.63, 3.8) is 0 Å². The van der Waals surface area contributed by atoms with Crippen LogP contribution in [0.3, 0.4) is 0 Å². The minimum atomic E-state index is -0.316. The molecule has 0 bridgehead atoms. The molecule has 0 spiro atoms. The summed E-state index contributed by atoms with van der Waals surface area (Å²) >= 11 is 12.2. The van der Waals surface area contributed by atoms with Crippen molar-refractivity contribution in [3.8, 4) is 0 Å². The number of amides is 1. The minimum absolute atomic E-state index is 0.316. The van der Waals surface area contributed by atoms with Crippen LogP contribution in [0.2, 0.25) is 10.0 Å². The zero-order valence-electron chi connectivity index (χ0n) is 13.2. The molecule has 3 rings (SSSR count). The van der Waals surface area contributed by atoms with E-state index < -0.39 is 0 Å². The number of pyridine rings is 1. The molecule has 0 atom stereocenters. The Morgan fingerprint density at radius 1 is 1.00 bits per heavy atom. The number of nitrogens with one attached hydrogen (secondary N) is 1. The Hall–Kier alpha value is -2.56. The topological polar surface area (TPSA) is 68.0 Å². The van der Waals surface area contributed by atoms with E-state index in [1.165, 1.54) is 0 Å². The first-order valence-electron chi connectivity index (χ1n) is 7.57. The van der Waals surface area contributed by atoms with Crippen LogP contribution in [-0.4, -0.2) is 10.9 Å². The molecule has 0 aliphatic rings. The molecule has 0 fully saturated rings. The number of carbonyl (C=O) groups excluding carboxylic acids is 1. The van der Waals surface area contributed by atoms with E-state index in [9.17, 15) is 4.79 Å². The molecule has 126 valence electrons. The Balaban J connectivity index is 1.95. The molecule has 25 heavy (non-hydrogen) atoms. The zero-order chi connectivity index (χ0) is 17.8. The average molecular weight is 372 g/mol. The molecule has 0 unspecified atom stereocenters. The highest BCUT2D eigenvalue weighted by atomic mass is 35.5. The minimum Gasteiger partial charge on any atom is -0.398 e. The Kier molecular flexibility index (Phi) is 5.22. The number of carbonyl (C=O) groups is 1. The Morgan fingerprint density at radius 3 is 2.36 bits per heavy atom. The summed E-state index contributed by atoms with van der Waals surface area (Å²) < 4.78 is 0. The van der Waals surface area contributed by atoms with Gasteiger partial charge in [0, 0.05) is 35.2 Å². The zero-order valence-corrected chi connectivity index (χ0v) is 14.7. The van der Waals surface area contributed by atoms with Crippen molar-refractivity contribution < 1.29 is 4.79 Å². The maximum atomic E-state index is 12.8. The van der Waals surface area contributed by atoms with Gasteiger partial charge in [-0.1, -0.05) is 23.2 Å². The van der Waals surface area contributed by atoms with Gasteiger partial charge in [0.05, 0.1) is 10.6 Å². The van der Waals surface area contributed by atoms with E-state index >= 15 is 0 Å². The van der Waals surface area contributed by atoms with Crippen LogP contribution in [0.25, 0.3) is 0 Å². The average Bonchev–Trinajstić information content (AvgIpc) is 2.61. The lowest BCUT2D eigenvalue weighted by Crippen LogP contribution is -2.16. The summed E-state index contributed by atoms with van der Waals surface area (Å²) in [5.41, 5.74) is 9.31. The van der Waals surface area contributed by atoms with Gasteiger partial charge in [-0.15, -0.1) is 0 Å². The normalized spacial score (nSPS) is 10.5. The molecular weight excluding hydrogens is 357 g/mol. The molecule has 1 amide bonds. The summed E-state index contributed by atoms with van der Waals surface area (Å²) in [5, 5.41) is 3.78. The smallest absolute Gasteiger partial charge is 0.257 e. The highest BCUT2D eigenvalue weighted by molar-refractivity contribution is 6.35. The predicted molar refractivity (Wildman–Crippen MR) is 102 cm³/mol. The van der Waals surface area contributed by atoms with Crippen molar-refractivity contribution in [2.45, 2.75) is 6.42 Å². The quantitative estimate of drug-likeness (QED) is 0.646. The monoisotopic (exact) mass is 371 g/mol. The van der Waals surface area contributed by atoms with Crippen LogP contribution < -0.4 is 11.1 Å². The number of halogens is 2. The van der Waals surface area contributed by atoms with Crippen LogP contribution >= 0.6 is 23.2 Å². The molecule has 1 heterocycles. The van der Waals surface area contributed by atoms with Gasteiger partial charge in [0.1, 0.15) is 0 Å². The lowest BCUT2D eigenvalue weighted by Gasteiger charge is -2.14. The molecule has 1 aromatic heterocycles. The van der Waals surface area contributed by atoms with Crippen molar-refractivity contribution in [2.75, 3.05) is 11.1 Å². The Labute approximate surface area is 155 Å². The first kappa shape index (κ1) is 17.3. The summed E-state index contributed by atoms with van der Waals surface area (Å²) in [7, 11) is 0. The maximum absolute atomic E-state index is 12.8. The van der Waals surface area contributed by atoms with E-state index in [0.29, 0.717) is 39.0 Å². The van der Waals surface area contributed by atoms with Gasteiger partial charge in [0.2, 0.25) is 0 Å². The lowest BCUT2D eigenvalue weighted by molar-refractivity contribution is 0.102. The number of nitrogens with zero attached hydrogens (tertiary/aromatic N) is 1. The number of hydrogen-bond donors (Lipinski definition) is 2. The third-order valence-corrected chi connectivity index (χ3v) is 4.32. The van der Waals surface area contributed by atoms with Crippen LogP contribution in [0, 0.1) is 0 Å². The maximum Gasteiger partial charge on any atom is 0.257 e. The molecule has 0 saturated heterocycles. The number of rotatable bonds is 4. The number of aromatic nitrogens is 1. The van der Waals surface area contributed by atoms with Gasteiger partial charge in [-0.05, 0) is 59.7 Å². The number of hydrogen-bond acceptors (Lipinski definition) is 3. The van der Waals surface area contributed by atoms with Crippen molar-refractivity contribution in [3.05, 3.63) is 87.7 Å². The highest BCUT2D eigenvalue weighted by Crippen LogP contribution is 2.28. The van der Waals surface area contributed by atoms with Gasteiger partial charge in [-0.25, -0.2) is 0 Å². The second kappa shape index (κ2) is 7.55. The fourth-order valence-electron chi connectivity index (χ4n) is 2.50. The van der Waals surface area contributed by atoms with Crippen LogP contribution in [0.15, 0.2) is 60.9 Å². The number of anilines is 2. The molecule has 6 heteroatoms. The van der Waals surface area contributed by atoms with E-state index in [-0.39, 0.29) is 5.91 Å². The molecule has 0 aliphatic carbocycles. The van der Waals surface area contributed by atoms with Gasteiger partial charge < -0.3 is 11.1 Å². The van der Waals surface area contributed by atoms with E-state index in [0.717, 1.165) is 5.56 Å². The second-order valence-electron chi connectivity index (χ2n) is 5.48. The third kappa shape index (κ3) is 4.10. The standard InChI is InChI=1S/C19H15Cl2N3O/c20-13-1-3-14(4-2-13)24-19(25)18-15(17(22)6-5-16(18)21)11-12-7-9-23-10-8-12/h1-10H,11,22H2,(H,24,25). The largest absolute Gasteiger partial charge is 0.398 e. The summed E-state index contributed by atoms with van der Waals surface area (Å²) in [4.78, 5) is 16.8. The molecule has 3 N–H and O–H groups in total. The first-order valence-corrected chi connectivity index (χ1v) is 8.33. The molecule has 0 saturated carbocycles. The molecular formula is C19H15Cl2N3O. The molecule has 3 aromatic rings. The fraction of sp³-hybridized carbons (Fsp3) is 0.0526. The van der Waals surface area contributed by atoms with Gasteiger partial charge in [-0.3, -0.25) is 9.78 Å². The summed E-state index contributed by atoms with van der Waals surface area (Å²) in [6, 6.07) is 13.9. The van der Waals surface area contributed by atoms with E-state index in [1.807, 2.05) is 12.1 Å². The van der Waals surface area contributed by atoms with Crippen LogP contribution in [-0.2, 0) is 6.42 Å². The summed E-state index contributed by atoms with van der Waals surface area (Å²) in [5.74, 6) is -0.316.